The van der Waals surface area contributed by atoms with E-state index in [1.165, 1.54) is 6.92 Å². The van der Waals surface area contributed by atoms with Crippen LogP contribution in [-0.4, -0.2) is 23.3 Å². The summed E-state index contributed by atoms with van der Waals surface area (Å²) in [6, 6.07) is 15.8. The molecule has 0 fully saturated rings. The Morgan fingerprint density at radius 1 is 1.04 bits per heavy atom. The van der Waals surface area contributed by atoms with Crippen molar-refractivity contribution >= 4 is 17.5 Å². The van der Waals surface area contributed by atoms with Crippen LogP contribution in [0.1, 0.15) is 44.4 Å². The number of carbonyl (C=O) groups excluding carboxylic acids is 2. The summed E-state index contributed by atoms with van der Waals surface area (Å²) in [5.41, 5.74) is 3.94. The van der Waals surface area contributed by atoms with Gasteiger partial charge in [0.1, 0.15) is 6.54 Å². The van der Waals surface area contributed by atoms with E-state index in [0.717, 1.165) is 22.4 Å². The van der Waals surface area contributed by atoms with Gasteiger partial charge in [-0.15, -0.1) is 0 Å². The first-order chi connectivity index (χ1) is 12.2. The van der Waals surface area contributed by atoms with Crippen LogP contribution in [-0.2, 0) is 21.5 Å². The Morgan fingerprint density at radius 2 is 1.73 bits per heavy atom. The van der Waals surface area contributed by atoms with Crippen molar-refractivity contribution in [3.05, 3.63) is 65.2 Å². The highest BCUT2D eigenvalue weighted by molar-refractivity contribution is 5.95. The number of benzene rings is 2. The third-order valence-electron chi connectivity index (χ3n) is 4.24. The lowest BCUT2D eigenvalue weighted by Gasteiger charge is -2.24. The van der Waals surface area contributed by atoms with Crippen molar-refractivity contribution in [2.75, 3.05) is 11.9 Å². The van der Waals surface area contributed by atoms with E-state index in [1.807, 2.05) is 55.5 Å². The van der Waals surface area contributed by atoms with Crippen molar-refractivity contribution in [2.24, 2.45) is 0 Å². The Bertz CT molecular complexity index is 791. The van der Waals surface area contributed by atoms with Crippen LogP contribution in [0.5, 0.6) is 0 Å². The number of amides is 2. The van der Waals surface area contributed by atoms with Crippen molar-refractivity contribution < 1.29 is 9.59 Å². The molecule has 0 unspecified atom stereocenters. The van der Waals surface area contributed by atoms with Gasteiger partial charge in [-0.25, -0.2) is 0 Å². The van der Waals surface area contributed by atoms with Gasteiger partial charge in [-0.1, -0.05) is 68.8 Å². The van der Waals surface area contributed by atoms with Crippen molar-refractivity contribution in [2.45, 2.75) is 46.6 Å². The molecule has 138 valence electrons. The number of aryl methyl sites for hydroxylation is 1. The molecule has 2 rings (SSSR count). The fourth-order valence-corrected chi connectivity index (χ4v) is 2.92. The third-order valence-corrected chi connectivity index (χ3v) is 4.24. The van der Waals surface area contributed by atoms with Crippen LogP contribution in [0.15, 0.2) is 48.5 Å². The highest BCUT2D eigenvalue weighted by Crippen LogP contribution is 2.29. The molecule has 2 aromatic carbocycles. The molecule has 2 aromatic rings. The molecular formula is C22H28N2O2. The number of rotatable bonds is 5. The molecule has 0 aliphatic heterocycles. The van der Waals surface area contributed by atoms with Gasteiger partial charge in [-0.3, -0.25) is 9.59 Å². The maximum absolute atomic E-state index is 12.6. The molecule has 0 radical (unpaired) electrons. The van der Waals surface area contributed by atoms with Crippen LogP contribution >= 0.6 is 0 Å². The first kappa shape index (κ1) is 19.7. The van der Waals surface area contributed by atoms with Gasteiger partial charge in [-0.05, 0) is 29.5 Å². The summed E-state index contributed by atoms with van der Waals surface area (Å²) in [7, 11) is 0. The van der Waals surface area contributed by atoms with Gasteiger partial charge in [0.25, 0.3) is 0 Å². The Balaban J connectivity index is 2.11. The Labute approximate surface area is 156 Å². The lowest BCUT2D eigenvalue weighted by molar-refractivity contribution is -0.133. The summed E-state index contributed by atoms with van der Waals surface area (Å²) < 4.78 is 0. The standard InChI is InChI=1S/C22H28N2O2/c1-16-9-8-10-18(13-16)14-24(17(2)25)15-21(26)23-20-12-7-6-11-19(20)22(3,4)5/h6-13H,14-15H2,1-5H3,(H,23,26). The summed E-state index contributed by atoms with van der Waals surface area (Å²) in [6.07, 6.45) is 0. The zero-order valence-electron chi connectivity index (χ0n) is 16.3. The monoisotopic (exact) mass is 352 g/mol. The molecule has 0 saturated carbocycles. The van der Waals surface area contributed by atoms with Gasteiger partial charge in [-0.2, -0.15) is 0 Å². The molecule has 4 heteroatoms. The lowest BCUT2D eigenvalue weighted by Crippen LogP contribution is -2.36. The number of nitrogens with zero attached hydrogens (tertiary/aromatic N) is 1. The minimum absolute atomic E-state index is 0.0295. The average Bonchev–Trinajstić information content (AvgIpc) is 2.53. The van der Waals surface area contributed by atoms with E-state index in [9.17, 15) is 9.59 Å². The van der Waals surface area contributed by atoms with Crippen molar-refractivity contribution in [3.63, 3.8) is 0 Å². The maximum Gasteiger partial charge on any atom is 0.244 e. The zero-order valence-corrected chi connectivity index (χ0v) is 16.3. The molecule has 0 aromatic heterocycles. The van der Waals surface area contributed by atoms with E-state index in [-0.39, 0.29) is 23.8 Å². The van der Waals surface area contributed by atoms with Crippen LogP contribution in [0.4, 0.5) is 5.69 Å². The van der Waals surface area contributed by atoms with Gasteiger partial charge >= 0.3 is 0 Å². The second-order valence-corrected chi connectivity index (χ2v) is 7.71. The number of anilines is 1. The van der Waals surface area contributed by atoms with Crippen LogP contribution in [0.2, 0.25) is 0 Å². The first-order valence-electron chi connectivity index (χ1n) is 8.87. The van der Waals surface area contributed by atoms with Gasteiger partial charge in [0.2, 0.25) is 11.8 Å². The van der Waals surface area contributed by atoms with E-state index >= 15 is 0 Å². The van der Waals surface area contributed by atoms with Crippen LogP contribution in [0.25, 0.3) is 0 Å². The predicted octanol–water partition coefficient (Wildman–Crippen LogP) is 4.28. The summed E-state index contributed by atoms with van der Waals surface area (Å²) in [5, 5.41) is 2.97. The molecule has 4 nitrogen and oxygen atoms in total. The second kappa shape index (κ2) is 8.17. The topological polar surface area (TPSA) is 49.4 Å². The Hall–Kier alpha value is -2.62. The average molecular weight is 352 g/mol. The molecule has 0 heterocycles. The molecule has 0 spiro atoms. The molecule has 0 saturated heterocycles. The van der Waals surface area contributed by atoms with Crippen LogP contribution in [0.3, 0.4) is 0 Å². The molecule has 0 atom stereocenters. The first-order valence-corrected chi connectivity index (χ1v) is 8.87. The third kappa shape index (κ3) is 5.45. The van der Waals surface area contributed by atoms with E-state index in [0.29, 0.717) is 6.54 Å². The molecular weight excluding hydrogens is 324 g/mol. The lowest BCUT2D eigenvalue weighted by atomic mass is 9.86. The minimum atomic E-state index is -0.190. The minimum Gasteiger partial charge on any atom is -0.329 e. The van der Waals surface area contributed by atoms with Crippen LogP contribution < -0.4 is 5.32 Å². The largest absolute Gasteiger partial charge is 0.329 e. The van der Waals surface area contributed by atoms with Crippen LogP contribution in [0, 0.1) is 6.92 Å². The Kier molecular flexibility index (Phi) is 6.19. The van der Waals surface area contributed by atoms with Gasteiger partial charge in [0.05, 0.1) is 0 Å². The maximum atomic E-state index is 12.6. The highest BCUT2D eigenvalue weighted by atomic mass is 16.2. The summed E-state index contributed by atoms with van der Waals surface area (Å²) in [5.74, 6) is -0.310. The number of nitrogens with one attached hydrogen (secondary N) is 1. The molecule has 1 N–H and O–H groups in total. The van der Waals surface area contributed by atoms with E-state index in [1.54, 1.807) is 4.90 Å². The summed E-state index contributed by atoms with van der Waals surface area (Å²) >= 11 is 0. The summed E-state index contributed by atoms with van der Waals surface area (Å²) in [4.78, 5) is 26.1. The fourth-order valence-electron chi connectivity index (χ4n) is 2.92. The highest BCUT2D eigenvalue weighted by Gasteiger charge is 2.20. The van der Waals surface area contributed by atoms with Crippen molar-refractivity contribution in [3.8, 4) is 0 Å². The molecule has 0 aliphatic carbocycles. The quantitative estimate of drug-likeness (QED) is 0.873. The van der Waals surface area contributed by atoms with E-state index in [4.69, 9.17) is 0 Å². The SMILES string of the molecule is CC(=O)N(CC(=O)Nc1ccccc1C(C)(C)C)Cc1cccc(C)c1. The molecule has 2 amide bonds. The summed E-state index contributed by atoms with van der Waals surface area (Å²) in [6.45, 7) is 10.3. The van der Waals surface area contributed by atoms with E-state index in [2.05, 4.69) is 26.1 Å². The normalized spacial score (nSPS) is 11.1. The van der Waals surface area contributed by atoms with Crippen molar-refractivity contribution in [1.29, 1.82) is 0 Å². The molecule has 0 aliphatic rings. The molecule has 0 bridgehead atoms. The predicted molar refractivity (Wildman–Crippen MR) is 106 cm³/mol. The Morgan fingerprint density at radius 3 is 2.35 bits per heavy atom. The smallest absolute Gasteiger partial charge is 0.244 e. The van der Waals surface area contributed by atoms with Crippen molar-refractivity contribution in [1.82, 2.24) is 4.90 Å². The number of para-hydroxylation sites is 1. The van der Waals surface area contributed by atoms with Gasteiger partial charge < -0.3 is 10.2 Å². The van der Waals surface area contributed by atoms with Gasteiger partial charge in [0, 0.05) is 19.2 Å². The zero-order chi connectivity index (χ0) is 19.3. The van der Waals surface area contributed by atoms with Gasteiger partial charge in [0.15, 0.2) is 0 Å². The number of hydrogen-bond donors (Lipinski definition) is 1. The number of carbonyl (C=O) groups is 2. The van der Waals surface area contributed by atoms with E-state index < -0.39 is 0 Å². The molecule has 26 heavy (non-hydrogen) atoms. The fraction of sp³-hybridized carbons (Fsp3) is 0.364. The number of hydrogen-bond acceptors (Lipinski definition) is 2. The second-order valence-electron chi connectivity index (χ2n) is 7.71.